The molecular weight excluding hydrogens is 250 g/mol. The van der Waals surface area contributed by atoms with E-state index in [1.165, 1.54) is 7.11 Å². The van der Waals surface area contributed by atoms with Gasteiger partial charge >= 0.3 is 5.97 Å². The maximum atomic E-state index is 10.3. The lowest BCUT2D eigenvalue weighted by atomic mass is 10.1. The minimum atomic E-state index is -1.42. The van der Waals surface area contributed by atoms with Gasteiger partial charge in [-0.25, -0.2) is 4.79 Å². The van der Waals surface area contributed by atoms with E-state index in [0.29, 0.717) is 0 Å². The second-order valence-corrected chi connectivity index (χ2v) is 5.17. The lowest BCUT2D eigenvalue weighted by Crippen LogP contribution is -2.17. The van der Waals surface area contributed by atoms with E-state index in [9.17, 15) is 4.79 Å². The molecule has 0 saturated heterocycles. The highest BCUT2D eigenvalue weighted by molar-refractivity contribution is 6.67. The van der Waals surface area contributed by atoms with Gasteiger partial charge in [-0.3, -0.25) is 0 Å². The van der Waals surface area contributed by atoms with Crippen LogP contribution in [-0.4, -0.2) is 22.0 Å². The van der Waals surface area contributed by atoms with Crippen LogP contribution in [0.3, 0.4) is 0 Å². The number of halogens is 3. The number of hydrogen-bond acceptors (Lipinski definition) is 2. The molecule has 1 atom stereocenters. The van der Waals surface area contributed by atoms with E-state index >= 15 is 0 Å². The van der Waals surface area contributed by atoms with Crippen LogP contribution in [0.1, 0.15) is 13.3 Å². The Kier molecular flexibility index (Phi) is 5.64. The number of methoxy groups -OCH3 is 1. The zero-order chi connectivity index (χ0) is 11.4. The highest BCUT2D eigenvalue weighted by Crippen LogP contribution is 2.38. The minimum Gasteiger partial charge on any atom is -0.501 e. The minimum absolute atomic E-state index is 0.263. The lowest BCUT2D eigenvalue weighted by Gasteiger charge is -2.20. The number of hydrogen-bond donors (Lipinski definition) is 1. The topological polar surface area (TPSA) is 46.5 Å². The van der Waals surface area contributed by atoms with E-state index in [1.807, 2.05) is 0 Å². The van der Waals surface area contributed by atoms with Crippen molar-refractivity contribution in [3.63, 3.8) is 0 Å². The molecule has 1 unspecified atom stereocenters. The molecule has 0 spiro atoms. The van der Waals surface area contributed by atoms with Crippen molar-refractivity contribution >= 4 is 40.8 Å². The molecule has 0 amide bonds. The third-order valence-corrected chi connectivity index (χ3v) is 2.73. The normalized spacial score (nSPS) is 15.1. The molecule has 0 aliphatic heterocycles. The molecule has 0 aromatic rings. The molecule has 0 heterocycles. The predicted octanol–water partition coefficient (Wildman–Crippen LogP) is 3.00. The molecule has 0 aliphatic carbocycles. The maximum absolute atomic E-state index is 10.3. The van der Waals surface area contributed by atoms with Crippen LogP contribution in [0, 0.1) is 5.92 Å². The van der Waals surface area contributed by atoms with Gasteiger partial charge in [-0.1, -0.05) is 41.7 Å². The van der Waals surface area contributed by atoms with Gasteiger partial charge in [0.25, 0.3) is 0 Å². The molecule has 3 nitrogen and oxygen atoms in total. The number of alkyl halides is 3. The summed E-state index contributed by atoms with van der Waals surface area (Å²) in [5, 5.41) is 8.48. The summed E-state index contributed by atoms with van der Waals surface area (Å²) in [6.07, 6.45) is 1.21. The largest absolute Gasteiger partial charge is 0.501 e. The number of carboxylic acid groups (broad SMARTS) is 1. The summed E-state index contributed by atoms with van der Waals surface area (Å²) in [7, 11) is 1.37. The van der Waals surface area contributed by atoms with Gasteiger partial charge in [0.1, 0.15) is 5.76 Å². The van der Waals surface area contributed by atoms with Gasteiger partial charge in [0, 0.05) is 12.3 Å². The third-order valence-electron chi connectivity index (χ3n) is 1.61. The summed E-state index contributed by atoms with van der Waals surface area (Å²) in [4.78, 5) is 10.3. The number of allylic oxidation sites excluding steroid dienone is 1. The van der Waals surface area contributed by atoms with E-state index in [-0.39, 0.29) is 18.1 Å². The van der Waals surface area contributed by atoms with E-state index in [2.05, 4.69) is 0 Å². The smallest absolute Gasteiger partial charge is 0.331 e. The molecule has 6 heteroatoms. The lowest BCUT2D eigenvalue weighted by molar-refractivity contribution is -0.131. The van der Waals surface area contributed by atoms with Crippen molar-refractivity contribution < 1.29 is 14.6 Å². The number of carbonyl (C=O) groups is 1. The van der Waals surface area contributed by atoms with Gasteiger partial charge in [0.2, 0.25) is 0 Å². The van der Waals surface area contributed by atoms with Crippen LogP contribution >= 0.6 is 34.8 Å². The summed E-state index contributed by atoms with van der Waals surface area (Å²) in [5.41, 5.74) is 0. The average Bonchev–Trinajstić information content (AvgIpc) is 2.00. The number of ether oxygens (including phenoxy) is 1. The number of rotatable bonds is 4. The van der Waals surface area contributed by atoms with Crippen molar-refractivity contribution in [3.05, 3.63) is 11.8 Å². The van der Waals surface area contributed by atoms with Gasteiger partial charge in [-0.15, -0.1) is 0 Å². The summed E-state index contributed by atoms with van der Waals surface area (Å²) in [6, 6.07) is 0. The number of carboxylic acids is 1. The van der Waals surface area contributed by atoms with E-state index in [1.54, 1.807) is 6.92 Å². The van der Waals surface area contributed by atoms with Crippen LogP contribution < -0.4 is 0 Å². The standard InChI is InChI=1S/C8H11Cl3O3/c1-5(8(9,10)11)3-6(14-2)4-7(12)13/h4-5H,3H2,1-2H3,(H,12,13). The van der Waals surface area contributed by atoms with Crippen molar-refractivity contribution in [2.45, 2.75) is 17.1 Å². The second-order valence-electron chi connectivity index (χ2n) is 2.80. The van der Waals surface area contributed by atoms with Crippen LogP contribution in [0.25, 0.3) is 0 Å². The predicted molar refractivity (Wildman–Crippen MR) is 56.8 cm³/mol. The van der Waals surface area contributed by atoms with Crippen LogP contribution in [0.5, 0.6) is 0 Å². The zero-order valence-corrected chi connectivity index (χ0v) is 10.0. The summed E-state index contributed by atoms with van der Waals surface area (Å²) < 4.78 is 3.41. The Labute approximate surface area is 97.6 Å². The first-order valence-electron chi connectivity index (χ1n) is 3.81. The van der Waals surface area contributed by atoms with E-state index in [4.69, 9.17) is 44.6 Å². The number of aliphatic carboxylic acids is 1. The van der Waals surface area contributed by atoms with Gasteiger partial charge in [0.05, 0.1) is 13.2 Å². The SMILES string of the molecule is COC(=CC(=O)O)CC(C)C(Cl)(Cl)Cl. The van der Waals surface area contributed by atoms with Crippen LogP contribution in [-0.2, 0) is 9.53 Å². The summed E-state index contributed by atoms with van der Waals surface area (Å²) in [6.45, 7) is 1.70. The fourth-order valence-corrected chi connectivity index (χ4v) is 0.988. The molecule has 0 aromatic carbocycles. The molecule has 0 radical (unpaired) electrons. The van der Waals surface area contributed by atoms with Crippen molar-refractivity contribution in [1.82, 2.24) is 0 Å². The average molecular weight is 262 g/mol. The molecule has 0 rings (SSSR count). The van der Waals surface area contributed by atoms with Crippen molar-refractivity contribution in [3.8, 4) is 0 Å². The fraction of sp³-hybridized carbons (Fsp3) is 0.625. The summed E-state index contributed by atoms with van der Waals surface area (Å²) in [5.74, 6) is -1.13. The zero-order valence-electron chi connectivity index (χ0n) is 7.76. The Morgan fingerprint density at radius 3 is 2.36 bits per heavy atom. The van der Waals surface area contributed by atoms with Crippen molar-refractivity contribution in [1.29, 1.82) is 0 Å². The molecule has 14 heavy (non-hydrogen) atoms. The Bertz CT molecular complexity index is 232. The van der Waals surface area contributed by atoms with Crippen LogP contribution in [0.4, 0.5) is 0 Å². The van der Waals surface area contributed by atoms with Crippen LogP contribution in [0.2, 0.25) is 0 Å². The van der Waals surface area contributed by atoms with Crippen molar-refractivity contribution in [2.24, 2.45) is 5.92 Å². The molecule has 1 N–H and O–H groups in total. The molecular formula is C8H11Cl3O3. The second kappa shape index (κ2) is 5.69. The fourth-order valence-electron chi connectivity index (χ4n) is 0.756. The Morgan fingerprint density at radius 1 is 1.57 bits per heavy atom. The molecule has 0 bridgehead atoms. The first kappa shape index (κ1) is 13.9. The Balaban J connectivity index is 4.41. The molecule has 0 aromatic heterocycles. The maximum Gasteiger partial charge on any atom is 0.331 e. The van der Waals surface area contributed by atoms with E-state index in [0.717, 1.165) is 6.08 Å². The first-order valence-corrected chi connectivity index (χ1v) is 4.95. The van der Waals surface area contributed by atoms with Gasteiger partial charge in [0.15, 0.2) is 3.79 Å². The molecule has 0 saturated carbocycles. The van der Waals surface area contributed by atoms with Gasteiger partial charge in [-0.05, 0) is 0 Å². The highest BCUT2D eigenvalue weighted by atomic mass is 35.6. The molecule has 0 aliphatic rings. The quantitative estimate of drug-likeness (QED) is 0.481. The molecule has 0 fully saturated rings. The monoisotopic (exact) mass is 260 g/mol. The highest BCUT2D eigenvalue weighted by Gasteiger charge is 2.29. The molecule has 82 valence electrons. The van der Waals surface area contributed by atoms with Crippen molar-refractivity contribution in [2.75, 3.05) is 7.11 Å². The van der Waals surface area contributed by atoms with E-state index < -0.39 is 9.76 Å². The van der Waals surface area contributed by atoms with Gasteiger partial charge in [-0.2, -0.15) is 0 Å². The van der Waals surface area contributed by atoms with Crippen LogP contribution in [0.15, 0.2) is 11.8 Å². The first-order chi connectivity index (χ1) is 6.27. The third kappa shape index (κ3) is 5.58. The Morgan fingerprint density at radius 2 is 2.07 bits per heavy atom. The Hall–Kier alpha value is -0.120. The van der Waals surface area contributed by atoms with Gasteiger partial charge < -0.3 is 9.84 Å². The summed E-state index contributed by atoms with van der Waals surface area (Å²) >= 11 is 16.9.